The van der Waals surface area contributed by atoms with Crippen LogP contribution < -0.4 is 0 Å². The first-order valence-corrected chi connectivity index (χ1v) is 3.45. The number of hydrogen-bond acceptors (Lipinski definition) is 1. The molecule has 0 saturated carbocycles. The number of rotatable bonds is 5. The highest BCUT2D eigenvalue weighted by Crippen LogP contribution is 2.02. The van der Waals surface area contributed by atoms with Crippen molar-refractivity contribution < 1.29 is 5.11 Å². The zero-order valence-electron chi connectivity index (χ0n) is 6.01. The molecule has 1 unspecified atom stereocenters. The lowest BCUT2D eigenvalue weighted by Crippen LogP contribution is -2.04. The van der Waals surface area contributed by atoms with Crippen LogP contribution in [-0.4, -0.2) is 11.2 Å². The van der Waals surface area contributed by atoms with Crippen LogP contribution in [0.3, 0.4) is 0 Å². The summed E-state index contributed by atoms with van der Waals surface area (Å²) in [5.41, 5.74) is 0. The van der Waals surface area contributed by atoms with Crippen molar-refractivity contribution in [2.75, 3.05) is 0 Å². The summed E-state index contributed by atoms with van der Waals surface area (Å²) in [6.07, 6.45) is 6.17. The van der Waals surface area contributed by atoms with Gasteiger partial charge in [0.25, 0.3) is 0 Å². The summed E-state index contributed by atoms with van der Waals surface area (Å²) in [4.78, 5) is 0. The van der Waals surface area contributed by atoms with Crippen molar-refractivity contribution in [2.45, 2.75) is 32.3 Å². The van der Waals surface area contributed by atoms with Gasteiger partial charge in [0.1, 0.15) is 0 Å². The second kappa shape index (κ2) is 5.83. The van der Waals surface area contributed by atoms with Crippen LogP contribution in [0.1, 0.15) is 26.2 Å². The average Bonchev–Trinajstić information content (AvgIpc) is 1.85. The van der Waals surface area contributed by atoms with Gasteiger partial charge in [-0.2, -0.15) is 0 Å². The fraction of sp³-hybridized carbons (Fsp3) is 0.625. The minimum Gasteiger partial charge on any atom is -0.392 e. The Kier molecular flexibility index (Phi) is 5.64. The number of aliphatic hydroxyl groups is 1. The molecule has 1 nitrogen and oxygen atoms in total. The first-order valence-electron chi connectivity index (χ1n) is 3.45. The summed E-state index contributed by atoms with van der Waals surface area (Å²) < 4.78 is 0. The van der Waals surface area contributed by atoms with Gasteiger partial charge in [0, 0.05) is 6.42 Å². The van der Waals surface area contributed by atoms with Gasteiger partial charge in [0.2, 0.25) is 0 Å². The van der Waals surface area contributed by atoms with E-state index >= 15 is 0 Å². The Labute approximate surface area is 57.4 Å². The average molecular weight is 127 g/mol. The highest BCUT2D eigenvalue weighted by Gasteiger charge is 1.98. The summed E-state index contributed by atoms with van der Waals surface area (Å²) in [6.45, 7) is 5.60. The monoisotopic (exact) mass is 127 g/mol. The van der Waals surface area contributed by atoms with E-state index in [9.17, 15) is 0 Å². The minimum absolute atomic E-state index is 0.276. The molecule has 53 valence electrons. The maximum atomic E-state index is 9.05. The van der Waals surface area contributed by atoms with Crippen LogP contribution in [0.2, 0.25) is 0 Å². The Morgan fingerprint density at radius 3 is 2.78 bits per heavy atom. The third-order valence-corrected chi connectivity index (χ3v) is 1.21. The van der Waals surface area contributed by atoms with Crippen molar-refractivity contribution in [3.63, 3.8) is 0 Å². The molecule has 0 amide bonds. The van der Waals surface area contributed by atoms with E-state index < -0.39 is 0 Å². The molecule has 0 bridgehead atoms. The molecule has 1 heteroatoms. The van der Waals surface area contributed by atoms with Crippen molar-refractivity contribution >= 4 is 0 Å². The molecule has 9 heavy (non-hydrogen) atoms. The molecule has 0 heterocycles. The summed E-state index contributed by atoms with van der Waals surface area (Å²) in [7, 11) is 0. The van der Waals surface area contributed by atoms with Gasteiger partial charge in [0.05, 0.1) is 6.10 Å². The number of aliphatic hydroxyl groups excluding tert-OH is 1. The standard InChI is InChI=1S/C8H15O/c1-3-5-7-8(9)6-4-2/h4,6,8-9H,2-3,5,7H2,1H3. The van der Waals surface area contributed by atoms with E-state index in [1.807, 2.05) is 0 Å². The molecule has 0 rings (SSSR count). The van der Waals surface area contributed by atoms with Gasteiger partial charge in [-0.15, -0.1) is 6.58 Å². The van der Waals surface area contributed by atoms with Crippen LogP contribution in [0.15, 0.2) is 12.7 Å². The van der Waals surface area contributed by atoms with E-state index in [4.69, 9.17) is 5.11 Å². The topological polar surface area (TPSA) is 20.2 Å². The predicted octanol–water partition coefficient (Wildman–Crippen LogP) is 1.93. The molecular formula is C8H15O. The van der Waals surface area contributed by atoms with Gasteiger partial charge in [-0.05, 0) is 6.42 Å². The van der Waals surface area contributed by atoms with Crippen LogP contribution in [-0.2, 0) is 0 Å². The highest BCUT2D eigenvalue weighted by molar-refractivity contribution is 4.92. The molecule has 0 aliphatic heterocycles. The van der Waals surface area contributed by atoms with Gasteiger partial charge in [-0.3, -0.25) is 0 Å². The van der Waals surface area contributed by atoms with Crippen molar-refractivity contribution in [1.29, 1.82) is 0 Å². The normalized spacial score (nSPS) is 13.1. The quantitative estimate of drug-likeness (QED) is 0.598. The second-order valence-corrected chi connectivity index (χ2v) is 2.14. The van der Waals surface area contributed by atoms with Gasteiger partial charge < -0.3 is 5.11 Å². The molecule has 1 N–H and O–H groups in total. The van der Waals surface area contributed by atoms with Crippen LogP contribution in [0, 0.1) is 6.42 Å². The lowest BCUT2D eigenvalue weighted by atomic mass is 10.1. The Bertz CT molecular complexity index is 69.0. The molecule has 0 aromatic carbocycles. The summed E-state index contributed by atoms with van der Waals surface area (Å²) in [6, 6.07) is 0. The molecule has 0 aliphatic rings. The Hall–Kier alpha value is -0.300. The zero-order valence-corrected chi connectivity index (χ0v) is 6.01. The molecule has 0 aliphatic carbocycles. The molecular weight excluding hydrogens is 112 g/mol. The molecule has 0 saturated heterocycles. The van der Waals surface area contributed by atoms with Gasteiger partial charge >= 0.3 is 0 Å². The van der Waals surface area contributed by atoms with E-state index in [1.165, 1.54) is 0 Å². The van der Waals surface area contributed by atoms with Gasteiger partial charge in [0.15, 0.2) is 0 Å². The van der Waals surface area contributed by atoms with E-state index in [-0.39, 0.29) is 6.10 Å². The number of unbranched alkanes of at least 4 members (excludes halogenated alkanes) is 1. The van der Waals surface area contributed by atoms with Crippen molar-refractivity contribution in [1.82, 2.24) is 0 Å². The third kappa shape index (κ3) is 5.57. The maximum Gasteiger partial charge on any atom is 0.0609 e. The van der Waals surface area contributed by atoms with Gasteiger partial charge in [-0.25, -0.2) is 0 Å². The summed E-state index contributed by atoms with van der Waals surface area (Å²) >= 11 is 0. The first-order chi connectivity index (χ1) is 4.31. The molecule has 1 atom stereocenters. The van der Waals surface area contributed by atoms with Crippen LogP contribution in [0.4, 0.5) is 0 Å². The fourth-order valence-corrected chi connectivity index (χ4v) is 0.667. The largest absolute Gasteiger partial charge is 0.392 e. The van der Waals surface area contributed by atoms with E-state index in [0.717, 1.165) is 19.3 Å². The lowest BCUT2D eigenvalue weighted by Gasteiger charge is -2.04. The lowest BCUT2D eigenvalue weighted by molar-refractivity contribution is 0.197. The Morgan fingerprint density at radius 2 is 2.33 bits per heavy atom. The van der Waals surface area contributed by atoms with Crippen LogP contribution >= 0.6 is 0 Å². The number of hydrogen-bond donors (Lipinski definition) is 1. The van der Waals surface area contributed by atoms with E-state index in [2.05, 4.69) is 13.5 Å². The van der Waals surface area contributed by atoms with Crippen molar-refractivity contribution in [3.8, 4) is 0 Å². The second-order valence-electron chi connectivity index (χ2n) is 2.14. The molecule has 0 aromatic heterocycles. The van der Waals surface area contributed by atoms with Crippen molar-refractivity contribution in [2.24, 2.45) is 0 Å². The summed E-state index contributed by atoms with van der Waals surface area (Å²) in [5.74, 6) is 0. The molecule has 1 radical (unpaired) electrons. The van der Waals surface area contributed by atoms with Crippen molar-refractivity contribution in [3.05, 3.63) is 19.1 Å². The van der Waals surface area contributed by atoms with E-state index in [0.29, 0.717) is 0 Å². The smallest absolute Gasteiger partial charge is 0.0609 e. The fourth-order valence-electron chi connectivity index (χ4n) is 0.667. The first kappa shape index (κ1) is 8.70. The predicted molar refractivity (Wildman–Crippen MR) is 40.0 cm³/mol. The molecule has 0 spiro atoms. The zero-order chi connectivity index (χ0) is 7.11. The van der Waals surface area contributed by atoms with Gasteiger partial charge in [-0.1, -0.05) is 25.8 Å². The highest BCUT2D eigenvalue weighted by atomic mass is 16.3. The third-order valence-electron chi connectivity index (χ3n) is 1.21. The Morgan fingerprint density at radius 1 is 1.67 bits per heavy atom. The van der Waals surface area contributed by atoms with Crippen LogP contribution in [0.5, 0.6) is 0 Å². The SMILES string of the molecule is C=C[CH]C(O)CCCC. The molecule has 0 aromatic rings. The minimum atomic E-state index is -0.276. The van der Waals surface area contributed by atoms with Crippen LogP contribution in [0.25, 0.3) is 0 Å². The van der Waals surface area contributed by atoms with E-state index in [1.54, 1.807) is 12.5 Å². The Balaban J connectivity index is 3.04. The summed E-state index contributed by atoms with van der Waals surface area (Å²) in [5, 5.41) is 9.05. The maximum absolute atomic E-state index is 9.05. The molecule has 0 fully saturated rings.